The molecular weight excluding hydrogens is 334 g/mol. The quantitative estimate of drug-likeness (QED) is 0.382. The van der Waals surface area contributed by atoms with E-state index in [-0.39, 0.29) is 35.4 Å². The van der Waals surface area contributed by atoms with E-state index in [0.29, 0.717) is 6.42 Å². The zero-order valence-corrected chi connectivity index (χ0v) is 17.4. The van der Waals surface area contributed by atoms with Gasteiger partial charge in [0.15, 0.2) is 8.32 Å². The van der Waals surface area contributed by atoms with Crippen LogP contribution in [0, 0.1) is 5.92 Å². The highest BCUT2D eigenvalue weighted by Gasteiger charge is 2.54. The molecule has 1 fully saturated rings. The average molecular weight is 368 g/mol. The molecule has 0 aliphatic carbocycles. The molecular formula is C19H33NO4Si. The van der Waals surface area contributed by atoms with E-state index in [4.69, 9.17) is 4.43 Å². The molecule has 1 rings (SSSR count). The van der Waals surface area contributed by atoms with Gasteiger partial charge in [0.05, 0.1) is 18.1 Å². The Bertz CT molecular complexity index is 538. The summed E-state index contributed by atoms with van der Waals surface area (Å²) in [6.45, 7) is 20.1. The molecule has 6 heteroatoms. The molecule has 1 unspecified atom stereocenters. The van der Waals surface area contributed by atoms with Crippen molar-refractivity contribution in [2.24, 2.45) is 5.92 Å². The molecule has 25 heavy (non-hydrogen) atoms. The maximum absolute atomic E-state index is 12.8. The van der Waals surface area contributed by atoms with Crippen LogP contribution >= 0.6 is 0 Å². The van der Waals surface area contributed by atoms with Crippen molar-refractivity contribution in [2.75, 3.05) is 0 Å². The summed E-state index contributed by atoms with van der Waals surface area (Å²) < 4.78 is 6.39. The van der Waals surface area contributed by atoms with E-state index in [0.717, 1.165) is 0 Å². The molecule has 0 aromatic heterocycles. The Morgan fingerprint density at radius 3 is 2.32 bits per heavy atom. The minimum absolute atomic E-state index is 0.0497. The lowest BCUT2D eigenvalue weighted by Crippen LogP contribution is -2.69. The first-order chi connectivity index (χ1) is 11.4. The number of hydrogen-bond acceptors (Lipinski definition) is 3. The van der Waals surface area contributed by atoms with Gasteiger partial charge in [0.2, 0.25) is 5.91 Å². The highest BCUT2D eigenvalue weighted by molar-refractivity contribution is 6.74. The van der Waals surface area contributed by atoms with E-state index in [9.17, 15) is 14.7 Å². The third-order valence-corrected chi connectivity index (χ3v) is 10.1. The average Bonchev–Trinajstić information content (AvgIpc) is 2.44. The second kappa shape index (κ2) is 7.87. The first-order valence-corrected chi connectivity index (χ1v) is 11.7. The van der Waals surface area contributed by atoms with Crippen molar-refractivity contribution < 1.29 is 19.1 Å². The summed E-state index contributed by atoms with van der Waals surface area (Å²) in [6, 6.07) is -1.06. The monoisotopic (exact) mass is 367 g/mol. The van der Waals surface area contributed by atoms with Gasteiger partial charge in [-0.3, -0.25) is 4.79 Å². The maximum atomic E-state index is 12.8. The van der Waals surface area contributed by atoms with Crippen LogP contribution in [0.25, 0.3) is 0 Å². The highest BCUT2D eigenvalue weighted by atomic mass is 28.4. The fraction of sp³-hybridized carbons (Fsp3) is 0.684. The second-order valence-electron chi connectivity index (χ2n) is 8.32. The molecule has 1 heterocycles. The minimum Gasteiger partial charge on any atom is -0.480 e. The van der Waals surface area contributed by atoms with E-state index in [2.05, 4.69) is 47.0 Å². The molecule has 1 saturated heterocycles. The molecule has 1 aliphatic heterocycles. The van der Waals surface area contributed by atoms with Gasteiger partial charge in [-0.15, -0.1) is 13.2 Å². The fourth-order valence-electron chi connectivity index (χ4n) is 3.13. The van der Waals surface area contributed by atoms with Crippen molar-refractivity contribution >= 4 is 20.2 Å². The first kappa shape index (κ1) is 21.6. The van der Waals surface area contributed by atoms with Gasteiger partial charge < -0.3 is 14.4 Å². The molecule has 142 valence electrons. The zero-order chi connectivity index (χ0) is 19.6. The third kappa shape index (κ3) is 4.42. The molecule has 0 spiro atoms. The number of carboxylic acid groups (broad SMARTS) is 1. The smallest absolute Gasteiger partial charge is 0.326 e. The second-order valence-corrected chi connectivity index (χ2v) is 13.1. The Balaban J connectivity index is 3.01. The van der Waals surface area contributed by atoms with Gasteiger partial charge >= 0.3 is 5.97 Å². The lowest BCUT2D eigenvalue weighted by atomic mass is 9.79. The van der Waals surface area contributed by atoms with Crippen molar-refractivity contribution in [1.82, 2.24) is 4.90 Å². The van der Waals surface area contributed by atoms with Gasteiger partial charge in [0, 0.05) is 0 Å². The number of nitrogens with zero attached hydrogens (tertiary/aromatic N) is 1. The van der Waals surface area contributed by atoms with E-state index in [1.165, 1.54) is 4.90 Å². The van der Waals surface area contributed by atoms with Crippen LogP contribution in [0.15, 0.2) is 25.3 Å². The summed E-state index contributed by atoms with van der Waals surface area (Å²) in [7, 11) is -2.01. The van der Waals surface area contributed by atoms with Gasteiger partial charge in [-0.2, -0.15) is 0 Å². The Morgan fingerprint density at radius 1 is 1.36 bits per heavy atom. The molecule has 4 atom stereocenters. The third-order valence-electron chi connectivity index (χ3n) is 5.52. The molecule has 1 aliphatic rings. The van der Waals surface area contributed by atoms with E-state index >= 15 is 0 Å². The molecule has 0 aromatic carbocycles. The summed E-state index contributed by atoms with van der Waals surface area (Å²) in [6.07, 6.45) is 3.83. The predicted octanol–water partition coefficient (Wildman–Crippen LogP) is 3.83. The summed E-state index contributed by atoms with van der Waals surface area (Å²) in [5.74, 6) is -1.47. The lowest BCUT2D eigenvalue weighted by molar-refractivity contribution is -0.175. The fourth-order valence-corrected chi connectivity index (χ4v) is 4.56. The van der Waals surface area contributed by atoms with Crippen molar-refractivity contribution in [3.63, 3.8) is 0 Å². The van der Waals surface area contributed by atoms with Crippen LogP contribution < -0.4 is 0 Å². The summed E-state index contributed by atoms with van der Waals surface area (Å²) in [5, 5.41) is 9.52. The van der Waals surface area contributed by atoms with E-state index < -0.39 is 20.3 Å². The Hall–Kier alpha value is -1.40. The molecule has 0 aromatic rings. The number of aliphatic carboxylic acids is 1. The lowest BCUT2D eigenvalue weighted by Gasteiger charge is -2.53. The molecule has 5 nitrogen and oxygen atoms in total. The Kier molecular flexibility index (Phi) is 6.81. The normalized spacial score (nSPS) is 23.6. The van der Waals surface area contributed by atoms with Crippen LogP contribution in [0.5, 0.6) is 0 Å². The SMILES string of the molecule is C=CCC(C(=O)O)N1C(=O)[C@H]([C@@H](C)O[Si](C)(C)C(C)(C)C)[C@H]1CC=C. The number of carbonyl (C=O) groups excluding carboxylic acids is 1. The molecule has 1 N–H and O–H groups in total. The molecule has 0 bridgehead atoms. The Morgan fingerprint density at radius 2 is 1.92 bits per heavy atom. The van der Waals surface area contributed by atoms with Gasteiger partial charge in [-0.25, -0.2) is 4.79 Å². The van der Waals surface area contributed by atoms with Gasteiger partial charge in [0.25, 0.3) is 0 Å². The minimum atomic E-state index is -2.01. The number of carboxylic acids is 1. The van der Waals surface area contributed by atoms with Gasteiger partial charge in [-0.1, -0.05) is 32.9 Å². The van der Waals surface area contributed by atoms with E-state index in [1.54, 1.807) is 12.2 Å². The van der Waals surface area contributed by atoms with Crippen LogP contribution in [0.3, 0.4) is 0 Å². The van der Waals surface area contributed by atoms with Crippen LogP contribution in [0.4, 0.5) is 0 Å². The van der Waals surface area contributed by atoms with Crippen LogP contribution in [0.1, 0.15) is 40.5 Å². The number of hydrogen-bond donors (Lipinski definition) is 1. The van der Waals surface area contributed by atoms with Crippen LogP contribution in [-0.2, 0) is 14.0 Å². The van der Waals surface area contributed by atoms with Crippen molar-refractivity contribution in [3.05, 3.63) is 25.3 Å². The molecule has 0 saturated carbocycles. The summed E-state index contributed by atoms with van der Waals surface area (Å²) in [5.41, 5.74) is 0. The summed E-state index contributed by atoms with van der Waals surface area (Å²) >= 11 is 0. The number of amides is 1. The zero-order valence-electron chi connectivity index (χ0n) is 16.4. The Labute approximate surface area is 152 Å². The summed E-state index contributed by atoms with van der Waals surface area (Å²) in [4.78, 5) is 25.8. The maximum Gasteiger partial charge on any atom is 0.326 e. The number of β-lactam (4-membered cyclic amide) rings is 1. The first-order valence-electron chi connectivity index (χ1n) is 8.83. The topological polar surface area (TPSA) is 66.8 Å². The van der Waals surface area contributed by atoms with Gasteiger partial charge in [-0.05, 0) is 37.9 Å². The van der Waals surface area contributed by atoms with Crippen molar-refractivity contribution in [2.45, 2.75) is 76.9 Å². The standard InChI is InChI=1S/C19H33NO4Si/c1-9-11-14-16(13(3)24-25(7,8)19(4,5)6)17(21)20(14)15(12-10-2)18(22)23/h9-10,13-16H,1-2,11-12H2,3-8H3,(H,22,23)/t13-,14-,15?,16-/m1/s1. The number of likely N-dealkylation sites (tertiary alicyclic amines) is 1. The van der Waals surface area contributed by atoms with Crippen LogP contribution in [-0.4, -0.2) is 48.4 Å². The number of rotatable bonds is 9. The molecule has 0 radical (unpaired) electrons. The van der Waals surface area contributed by atoms with Crippen molar-refractivity contribution in [3.8, 4) is 0 Å². The molecule has 1 amide bonds. The highest BCUT2D eigenvalue weighted by Crippen LogP contribution is 2.41. The predicted molar refractivity (Wildman–Crippen MR) is 103 cm³/mol. The van der Waals surface area contributed by atoms with Gasteiger partial charge in [0.1, 0.15) is 6.04 Å². The number of carbonyl (C=O) groups is 2. The van der Waals surface area contributed by atoms with Crippen LogP contribution in [0.2, 0.25) is 18.1 Å². The van der Waals surface area contributed by atoms with E-state index in [1.807, 2.05) is 6.92 Å². The largest absolute Gasteiger partial charge is 0.480 e. The van der Waals surface area contributed by atoms with Crippen molar-refractivity contribution in [1.29, 1.82) is 0 Å².